The van der Waals surface area contributed by atoms with Crippen LogP contribution in [0, 0.1) is 0 Å². The van der Waals surface area contributed by atoms with Gasteiger partial charge >= 0.3 is 0 Å². The summed E-state index contributed by atoms with van der Waals surface area (Å²) in [6.45, 7) is 2.04. The number of benzene rings is 3. The Hall–Kier alpha value is -2.91. The zero-order valence-corrected chi connectivity index (χ0v) is 15.3. The minimum atomic E-state index is -0.0731. The standard InChI is InChI=1S/C24H24N2O/c27-24(25-22-10-5-2-6-11-22)21-15-13-19(14-16-21)18-26-17-7-12-23(26)20-8-3-1-4-9-20/h1-6,8-11,13-16,23H,7,12,17-18H2,(H,25,27). The predicted octanol–water partition coefficient (Wildman–Crippen LogP) is 5.28. The van der Waals surface area contributed by atoms with Crippen LogP contribution in [0.4, 0.5) is 5.69 Å². The Morgan fingerprint density at radius 2 is 1.56 bits per heavy atom. The van der Waals surface area contributed by atoms with Gasteiger partial charge in [0, 0.05) is 23.8 Å². The summed E-state index contributed by atoms with van der Waals surface area (Å²) in [6.07, 6.45) is 2.44. The Balaban J connectivity index is 1.41. The number of carbonyl (C=O) groups is 1. The lowest BCUT2D eigenvalue weighted by Gasteiger charge is -2.25. The van der Waals surface area contributed by atoms with Gasteiger partial charge in [0.1, 0.15) is 0 Å². The molecule has 0 bridgehead atoms. The van der Waals surface area contributed by atoms with Gasteiger partial charge in [0.05, 0.1) is 0 Å². The number of amides is 1. The van der Waals surface area contributed by atoms with Gasteiger partial charge in [0.15, 0.2) is 0 Å². The highest BCUT2D eigenvalue weighted by Crippen LogP contribution is 2.32. The molecule has 1 fully saturated rings. The average molecular weight is 356 g/mol. The fraction of sp³-hybridized carbons (Fsp3) is 0.208. The van der Waals surface area contributed by atoms with Crippen molar-refractivity contribution in [2.24, 2.45) is 0 Å². The number of hydrogen-bond donors (Lipinski definition) is 1. The normalized spacial score (nSPS) is 17.0. The lowest BCUT2D eigenvalue weighted by Crippen LogP contribution is -2.22. The van der Waals surface area contributed by atoms with Gasteiger partial charge in [-0.3, -0.25) is 9.69 Å². The summed E-state index contributed by atoms with van der Waals surface area (Å²) in [5, 5.41) is 2.93. The predicted molar refractivity (Wildman–Crippen MR) is 110 cm³/mol. The summed E-state index contributed by atoms with van der Waals surface area (Å²) < 4.78 is 0. The van der Waals surface area contributed by atoms with E-state index in [0.717, 1.165) is 18.8 Å². The first-order chi connectivity index (χ1) is 13.3. The van der Waals surface area contributed by atoms with Crippen molar-refractivity contribution in [3.8, 4) is 0 Å². The van der Waals surface area contributed by atoms with Gasteiger partial charge in [-0.15, -0.1) is 0 Å². The molecule has 1 aliphatic rings. The number of para-hydroxylation sites is 1. The SMILES string of the molecule is O=C(Nc1ccccc1)c1ccc(CN2CCCC2c2ccccc2)cc1. The molecule has 3 aromatic rings. The van der Waals surface area contributed by atoms with Crippen LogP contribution in [-0.2, 0) is 6.54 Å². The lowest BCUT2D eigenvalue weighted by molar-refractivity contribution is 0.102. The van der Waals surface area contributed by atoms with Crippen molar-refractivity contribution in [3.05, 3.63) is 102 Å². The van der Waals surface area contributed by atoms with E-state index in [9.17, 15) is 4.79 Å². The van der Waals surface area contributed by atoms with Crippen molar-refractivity contribution < 1.29 is 4.79 Å². The van der Waals surface area contributed by atoms with E-state index in [4.69, 9.17) is 0 Å². The molecule has 27 heavy (non-hydrogen) atoms. The Labute approximate surface area is 160 Å². The Bertz CT molecular complexity index is 875. The number of rotatable bonds is 5. The molecule has 0 aliphatic carbocycles. The molecule has 0 aromatic heterocycles. The first kappa shape index (κ1) is 17.5. The summed E-state index contributed by atoms with van der Waals surface area (Å²) in [7, 11) is 0. The third-order valence-electron chi connectivity index (χ3n) is 5.18. The van der Waals surface area contributed by atoms with Crippen LogP contribution in [0.3, 0.4) is 0 Å². The molecule has 1 N–H and O–H groups in total. The molecule has 0 spiro atoms. The van der Waals surface area contributed by atoms with Crippen LogP contribution < -0.4 is 5.32 Å². The van der Waals surface area contributed by atoms with E-state index < -0.39 is 0 Å². The molecule has 1 heterocycles. The average Bonchev–Trinajstić information content (AvgIpc) is 3.18. The van der Waals surface area contributed by atoms with Gasteiger partial charge < -0.3 is 5.32 Å². The summed E-state index contributed by atoms with van der Waals surface area (Å²) >= 11 is 0. The Morgan fingerprint density at radius 3 is 2.26 bits per heavy atom. The molecular formula is C24H24N2O. The van der Waals surface area contributed by atoms with Crippen molar-refractivity contribution >= 4 is 11.6 Å². The highest BCUT2D eigenvalue weighted by Gasteiger charge is 2.25. The molecule has 3 heteroatoms. The second-order valence-corrected chi connectivity index (χ2v) is 7.06. The van der Waals surface area contributed by atoms with Crippen LogP contribution >= 0.6 is 0 Å². The van der Waals surface area contributed by atoms with Gasteiger partial charge in [0.25, 0.3) is 5.91 Å². The summed E-state index contributed by atoms with van der Waals surface area (Å²) in [6, 6.07) is 28.8. The van der Waals surface area contributed by atoms with E-state index in [1.165, 1.54) is 24.0 Å². The van der Waals surface area contributed by atoms with Crippen LogP contribution in [-0.4, -0.2) is 17.4 Å². The van der Waals surface area contributed by atoms with Gasteiger partial charge in [-0.05, 0) is 54.8 Å². The summed E-state index contributed by atoms with van der Waals surface area (Å²) in [4.78, 5) is 14.9. The Kier molecular flexibility index (Phi) is 5.31. The van der Waals surface area contributed by atoms with Gasteiger partial charge in [0.2, 0.25) is 0 Å². The molecule has 0 saturated carbocycles. The molecular weight excluding hydrogens is 332 g/mol. The maximum atomic E-state index is 12.4. The first-order valence-corrected chi connectivity index (χ1v) is 9.54. The number of carbonyl (C=O) groups excluding carboxylic acids is 1. The highest BCUT2D eigenvalue weighted by atomic mass is 16.1. The van der Waals surface area contributed by atoms with Crippen molar-refractivity contribution in [3.63, 3.8) is 0 Å². The van der Waals surface area contributed by atoms with E-state index in [0.29, 0.717) is 11.6 Å². The minimum absolute atomic E-state index is 0.0731. The van der Waals surface area contributed by atoms with Gasteiger partial charge in [-0.2, -0.15) is 0 Å². The topological polar surface area (TPSA) is 32.3 Å². The number of nitrogens with one attached hydrogen (secondary N) is 1. The van der Waals surface area contributed by atoms with Crippen molar-refractivity contribution in [2.45, 2.75) is 25.4 Å². The van der Waals surface area contributed by atoms with Gasteiger partial charge in [-0.1, -0.05) is 60.7 Å². The van der Waals surface area contributed by atoms with Crippen molar-refractivity contribution in [1.29, 1.82) is 0 Å². The van der Waals surface area contributed by atoms with E-state index in [2.05, 4.69) is 52.7 Å². The van der Waals surface area contributed by atoms with Crippen LogP contribution in [0.1, 0.15) is 40.4 Å². The van der Waals surface area contributed by atoms with Crippen molar-refractivity contribution in [1.82, 2.24) is 4.90 Å². The zero-order chi connectivity index (χ0) is 18.5. The third kappa shape index (κ3) is 4.26. The van der Waals surface area contributed by atoms with Crippen molar-refractivity contribution in [2.75, 3.05) is 11.9 Å². The largest absolute Gasteiger partial charge is 0.322 e. The van der Waals surface area contributed by atoms with E-state index in [1.54, 1.807) is 0 Å². The number of anilines is 1. The van der Waals surface area contributed by atoms with E-state index in [-0.39, 0.29) is 5.91 Å². The highest BCUT2D eigenvalue weighted by molar-refractivity contribution is 6.04. The quantitative estimate of drug-likeness (QED) is 0.675. The molecule has 0 radical (unpaired) electrons. The maximum absolute atomic E-state index is 12.4. The van der Waals surface area contributed by atoms with E-state index >= 15 is 0 Å². The summed E-state index contributed by atoms with van der Waals surface area (Å²) in [5.74, 6) is -0.0731. The van der Waals surface area contributed by atoms with E-state index in [1.807, 2.05) is 42.5 Å². The second kappa shape index (κ2) is 8.19. The molecule has 1 atom stereocenters. The third-order valence-corrected chi connectivity index (χ3v) is 5.18. The van der Waals surface area contributed by atoms with Crippen LogP contribution in [0.15, 0.2) is 84.9 Å². The zero-order valence-electron chi connectivity index (χ0n) is 15.3. The fourth-order valence-corrected chi connectivity index (χ4v) is 3.79. The van der Waals surface area contributed by atoms with Crippen LogP contribution in [0.2, 0.25) is 0 Å². The first-order valence-electron chi connectivity index (χ1n) is 9.54. The monoisotopic (exact) mass is 356 g/mol. The molecule has 136 valence electrons. The van der Waals surface area contributed by atoms with Crippen LogP contribution in [0.5, 0.6) is 0 Å². The molecule has 1 saturated heterocycles. The van der Waals surface area contributed by atoms with Crippen LogP contribution in [0.25, 0.3) is 0 Å². The van der Waals surface area contributed by atoms with Gasteiger partial charge in [-0.25, -0.2) is 0 Å². The lowest BCUT2D eigenvalue weighted by atomic mass is 10.0. The minimum Gasteiger partial charge on any atom is -0.322 e. The fourth-order valence-electron chi connectivity index (χ4n) is 3.79. The Morgan fingerprint density at radius 1 is 0.889 bits per heavy atom. The molecule has 4 rings (SSSR count). The number of likely N-dealkylation sites (tertiary alicyclic amines) is 1. The summed E-state index contributed by atoms with van der Waals surface area (Å²) in [5.41, 5.74) is 4.14. The smallest absolute Gasteiger partial charge is 0.255 e. The maximum Gasteiger partial charge on any atom is 0.255 e. The molecule has 1 aliphatic heterocycles. The second-order valence-electron chi connectivity index (χ2n) is 7.06. The molecule has 1 amide bonds. The molecule has 1 unspecified atom stereocenters. The molecule has 3 aromatic carbocycles. The number of nitrogens with zero attached hydrogens (tertiary/aromatic N) is 1. The molecule has 3 nitrogen and oxygen atoms in total. The number of hydrogen-bond acceptors (Lipinski definition) is 2.